The predicted octanol–water partition coefficient (Wildman–Crippen LogP) is 6.81. The third kappa shape index (κ3) is 32.3. The average Bonchev–Trinajstić information content (AvgIpc) is 3.22. The molecule has 0 aromatic heterocycles. The molecular weight excluding hydrogens is 752 g/mol. The van der Waals surface area contributed by atoms with Crippen molar-refractivity contribution >= 4 is 5.97 Å². The maximum Gasteiger partial charge on any atom is 0.333 e. The first kappa shape index (κ1) is 53.5. The van der Waals surface area contributed by atoms with Gasteiger partial charge in [-0.2, -0.15) is 0 Å². The first-order valence-corrected chi connectivity index (χ1v) is 21.6. The minimum Gasteiger partial charge on any atom is -0.487 e. The summed E-state index contributed by atoms with van der Waals surface area (Å²) in [5.41, 5.74) is 1.55. The lowest BCUT2D eigenvalue weighted by atomic mass is 10.0. The summed E-state index contributed by atoms with van der Waals surface area (Å²) in [6, 6.07) is 4.09. The Morgan fingerprint density at radius 1 is 0.431 bits per heavy atom. The summed E-state index contributed by atoms with van der Waals surface area (Å²) >= 11 is 0. The summed E-state index contributed by atoms with van der Waals surface area (Å²) in [7, 11) is 0. The van der Waals surface area contributed by atoms with E-state index >= 15 is 0 Å². The monoisotopic (exact) mass is 831 g/mol. The van der Waals surface area contributed by atoms with Gasteiger partial charge in [0.05, 0.1) is 106 Å². The van der Waals surface area contributed by atoms with Crippen LogP contribution < -0.4 is 14.2 Å². The van der Waals surface area contributed by atoms with Gasteiger partial charge in [0.2, 0.25) is 5.75 Å². The Kier molecular flexibility index (Phi) is 38.0. The van der Waals surface area contributed by atoms with Gasteiger partial charge >= 0.3 is 5.97 Å². The molecule has 0 aliphatic rings. The van der Waals surface area contributed by atoms with Gasteiger partial charge < -0.3 is 61.6 Å². The van der Waals surface area contributed by atoms with Crippen molar-refractivity contribution in [3.05, 3.63) is 29.8 Å². The number of carbonyl (C=O) groups is 1. The molecule has 0 amide bonds. The molecule has 1 aromatic rings. The smallest absolute Gasteiger partial charge is 0.333 e. The molecule has 0 heterocycles. The second kappa shape index (κ2) is 41.2. The third-order valence-electron chi connectivity index (χ3n) is 8.31. The van der Waals surface area contributed by atoms with Crippen molar-refractivity contribution in [2.24, 2.45) is 0 Å². The van der Waals surface area contributed by atoms with Crippen LogP contribution in [-0.4, -0.2) is 151 Å². The van der Waals surface area contributed by atoms with Crippen molar-refractivity contribution in [2.75, 3.05) is 145 Å². The van der Waals surface area contributed by atoms with Crippen LogP contribution in [0.1, 0.15) is 84.6 Å². The maximum atomic E-state index is 11.5. The van der Waals surface area contributed by atoms with Crippen LogP contribution in [0, 0.1) is 0 Å². The zero-order valence-corrected chi connectivity index (χ0v) is 36.5. The normalized spacial score (nSPS) is 11.2. The van der Waals surface area contributed by atoms with E-state index in [0.717, 1.165) is 50.5 Å². The molecule has 0 aliphatic carbocycles. The summed E-state index contributed by atoms with van der Waals surface area (Å²) in [6.45, 7) is 21.9. The van der Waals surface area contributed by atoms with Crippen molar-refractivity contribution in [1.29, 1.82) is 0 Å². The Hall–Kier alpha value is -2.53. The molecule has 0 radical (unpaired) electrons. The van der Waals surface area contributed by atoms with Crippen LogP contribution in [0.5, 0.6) is 17.2 Å². The minimum absolute atomic E-state index is 0.301. The number of aryl methyl sites for hydroxylation is 1. The molecule has 0 N–H and O–H groups in total. The summed E-state index contributed by atoms with van der Waals surface area (Å²) in [4.78, 5) is 11.5. The Morgan fingerprint density at radius 3 is 1.14 bits per heavy atom. The van der Waals surface area contributed by atoms with Gasteiger partial charge in [0.1, 0.15) is 19.8 Å². The van der Waals surface area contributed by atoms with Crippen LogP contribution in [0.4, 0.5) is 0 Å². The average molecular weight is 831 g/mol. The van der Waals surface area contributed by atoms with Crippen molar-refractivity contribution in [1.82, 2.24) is 0 Å². The largest absolute Gasteiger partial charge is 0.487 e. The van der Waals surface area contributed by atoms with Gasteiger partial charge in [0, 0.05) is 25.4 Å². The van der Waals surface area contributed by atoms with E-state index in [9.17, 15) is 4.79 Å². The second-order valence-electron chi connectivity index (χ2n) is 13.2. The number of rotatable bonds is 45. The molecule has 14 heteroatoms. The number of hydrogen-bond donors (Lipinski definition) is 0. The molecule has 338 valence electrons. The van der Waals surface area contributed by atoms with Crippen molar-refractivity contribution < 1.29 is 66.4 Å². The fraction of sp³-hybridized carbons (Fsp3) is 0.795. The lowest BCUT2D eigenvalue weighted by molar-refractivity contribution is -0.139. The Labute approximate surface area is 349 Å². The number of carbonyl (C=O) groups excluding carboxylic acids is 1. The van der Waals surface area contributed by atoms with Gasteiger partial charge in [-0.3, -0.25) is 0 Å². The molecule has 0 saturated carbocycles. The highest BCUT2D eigenvalue weighted by atomic mass is 16.6. The molecule has 14 nitrogen and oxygen atoms in total. The molecule has 1 aromatic carbocycles. The predicted molar refractivity (Wildman–Crippen MR) is 224 cm³/mol. The van der Waals surface area contributed by atoms with E-state index < -0.39 is 0 Å². The maximum absolute atomic E-state index is 11.5. The van der Waals surface area contributed by atoms with E-state index in [1.165, 1.54) is 12.8 Å². The van der Waals surface area contributed by atoms with Gasteiger partial charge in [0.25, 0.3) is 0 Å². The first-order chi connectivity index (χ1) is 28.5. The highest BCUT2D eigenvalue weighted by Crippen LogP contribution is 2.39. The summed E-state index contributed by atoms with van der Waals surface area (Å²) in [5, 5.41) is 0. The molecule has 0 spiro atoms. The summed E-state index contributed by atoms with van der Waals surface area (Å²) in [6.07, 6.45) is 9.62. The van der Waals surface area contributed by atoms with Crippen molar-refractivity contribution in [3.63, 3.8) is 0 Å². The number of hydrogen-bond acceptors (Lipinski definition) is 14. The SMILES string of the molecule is C=C(C)C(=O)OCCCCCCCCCCc1cc(OCCOCCOCCOCC)c(OCCOCCOCCOCC)c(OCCOCCOCCOCC)c1. The quantitative estimate of drug-likeness (QED) is 0.0387. The molecule has 0 atom stereocenters. The van der Waals surface area contributed by atoms with Crippen molar-refractivity contribution in [3.8, 4) is 17.2 Å². The highest BCUT2D eigenvalue weighted by molar-refractivity contribution is 5.86. The Balaban J connectivity index is 2.79. The lowest BCUT2D eigenvalue weighted by Crippen LogP contribution is -2.16. The van der Waals surface area contributed by atoms with E-state index in [1.807, 2.05) is 32.9 Å². The van der Waals surface area contributed by atoms with E-state index in [-0.39, 0.29) is 5.97 Å². The van der Waals surface area contributed by atoms with Gasteiger partial charge in [-0.1, -0.05) is 45.1 Å². The van der Waals surface area contributed by atoms with Gasteiger partial charge in [-0.05, 0) is 64.7 Å². The second-order valence-corrected chi connectivity index (χ2v) is 13.2. The standard InChI is InChI=1S/C44H78O14/c1-6-46-19-22-49-25-28-52-31-34-55-41-37-40(17-15-13-11-9-10-12-14-16-18-58-44(45)39(4)5)38-42(56-35-32-53-29-26-50-23-20-47-7-2)43(41)57-36-33-54-30-27-51-24-21-48-8-3/h37-38H,4,6-36H2,1-3,5H3. The number of unbranched alkanes of at least 4 members (excludes halogenated alkanes) is 7. The molecule has 1 rings (SSSR count). The van der Waals surface area contributed by atoms with Crippen LogP contribution >= 0.6 is 0 Å². The summed E-state index contributed by atoms with van der Waals surface area (Å²) in [5.74, 6) is 1.41. The highest BCUT2D eigenvalue weighted by Gasteiger charge is 2.17. The molecule has 0 bridgehead atoms. The fourth-order valence-electron chi connectivity index (χ4n) is 5.29. The van der Waals surface area contributed by atoms with E-state index in [4.69, 9.17) is 61.6 Å². The van der Waals surface area contributed by atoms with Gasteiger partial charge in [-0.25, -0.2) is 4.79 Å². The molecule has 0 fully saturated rings. The van der Waals surface area contributed by atoms with Gasteiger partial charge in [-0.15, -0.1) is 0 Å². The van der Waals surface area contributed by atoms with Crippen LogP contribution in [0.15, 0.2) is 24.3 Å². The van der Waals surface area contributed by atoms with E-state index in [2.05, 4.69) is 6.58 Å². The van der Waals surface area contributed by atoms with Crippen LogP contribution in [0.2, 0.25) is 0 Å². The molecule has 0 aliphatic heterocycles. The Morgan fingerprint density at radius 2 is 0.759 bits per heavy atom. The van der Waals surface area contributed by atoms with Crippen LogP contribution in [0.3, 0.4) is 0 Å². The lowest BCUT2D eigenvalue weighted by Gasteiger charge is -2.19. The molecule has 0 saturated heterocycles. The van der Waals surface area contributed by atoms with Crippen LogP contribution in [-0.2, 0) is 58.6 Å². The fourth-order valence-corrected chi connectivity index (χ4v) is 5.29. The third-order valence-corrected chi connectivity index (χ3v) is 8.31. The van der Waals surface area contributed by atoms with E-state index in [0.29, 0.717) is 168 Å². The zero-order chi connectivity index (χ0) is 42.0. The van der Waals surface area contributed by atoms with Crippen molar-refractivity contribution in [2.45, 2.75) is 85.5 Å². The molecular formula is C44H78O14. The van der Waals surface area contributed by atoms with Gasteiger partial charge in [0.15, 0.2) is 11.5 Å². The van der Waals surface area contributed by atoms with Crippen LogP contribution in [0.25, 0.3) is 0 Å². The number of esters is 1. The van der Waals surface area contributed by atoms with E-state index in [1.54, 1.807) is 6.92 Å². The topological polar surface area (TPSA) is 137 Å². The summed E-state index contributed by atoms with van der Waals surface area (Å²) < 4.78 is 73.9. The number of ether oxygens (including phenoxy) is 13. The first-order valence-electron chi connectivity index (χ1n) is 21.6. The minimum atomic E-state index is -0.310. The molecule has 58 heavy (non-hydrogen) atoms. The molecule has 0 unspecified atom stereocenters. The number of benzene rings is 1. The zero-order valence-electron chi connectivity index (χ0n) is 36.5. The Bertz CT molecular complexity index is 1040.